The first-order valence-electron chi connectivity index (χ1n) is 5.81. The van der Waals surface area contributed by atoms with Crippen LogP contribution in [0.4, 0.5) is 13.2 Å². The zero-order valence-electron chi connectivity index (χ0n) is 10.2. The number of para-hydroxylation sites is 1. The van der Waals surface area contributed by atoms with Crippen molar-refractivity contribution in [3.05, 3.63) is 52.0 Å². The molecular formula is C14H10BrF3O2. The molecule has 2 nitrogen and oxygen atoms in total. The molecule has 2 rings (SSSR count). The first kappa shape index (κ1) is 14.8. The van der Waals surface area contributed by atoms with E-state index in [4.69, 9.17) is 4.74 Å². The standard InChI is InChI=1S/C14H10BrF3O2/c15-9-6-7-11(12(8-9)14(16,17)18)13(19)20-10-4-2-1-3-5-10/h1-5,8H,6-7H2. The molecule has 0 atom stereocenters. The van der Waals surface area contributed by atoms with Crippen LogP contribution in [0.25, 0.3) is 0 Å². The first-order valence-corrected chi connectivity index (χ1v) is 6.61. The fraction of sp³-hybridized carbons (Fsp3) is 0.214. The van der Waals surface area contributed by atoms with Gasteiger partial charge >= 0.3 is 12.1 Å². The highest BCUT2D eigenvalue weighted by Gasteiger charge is 2.38. The summed E-state index contributed by atoms with van der Waals surface area (Å²) in [5, 5.41) is 0. The van der Waals surface area contributed by atoms with Crippen LogP contribution in [-0.2, 0) is 4.79 Å². The maximum absolute atomic E-state index is 12.9. The Hall–Kier alpha value is -1.56. The number of ether oxygens (including phenoxy) is 1. The van der Waals surface area contributed by atoms with Crippen molar-refractivity contribution in [1.29, 1.82) is 0 Å². The Labute approximate surface area is 122 Å². The van der Waals surface area contributed by atoms with Crippen molar-refractivity contribution >= 4 is 21.9 Å². The quantitative estimate of drug-likeness (QED) is 0.581. The Morgan fingerprint density at radius 3 is 2.40 bits per heavy atom. The molecule has 1 aromatic carbocycles. The lowest BCUT2D eigenvalue weighted by molar-refractivity contribution is -0.131. The summed E-state index contributed by atoms with van der Waals surface area (Å²) in [6.07, 6.45) is -3.30. The number of esters is 1. The second kappa shape index (κ2) is 5.83. The minimum absolute atomic E-state index is 0.00239. The van der Waals surface area contributed by atoms with Gasteiger partial charge in [-0.25, -0.2) is 4.79 Å². The van der Waals surface area contributed by atoms with Gasteiger partial charge in [-0.15, -0.1) is 0 Å². The van der Waals surface area contributed by atoms with Gasteiger partial charge < -0.3 is 4.74 Å². The van der Waals surface area contributed by atoms with Gasteiger partial charge in [0.15, 0.2) is 0 Å². The van der Waals surface area contributed by atoms with Crippen molar-refractivity contribution in [3.8, 4) is 5.75 Å². The van der Waals surface area contributed by atoms with E-state index in [1.54, 1.807) is 18.2 Å². The van der Waals surface area contributed by atoms with Crippen LogP contribution in [0.1, 0.15) is 12.8 Å². The maximum atomic E-state index is 12.9. The van der Waals surface area contributed by atoms with Gasteiger partial charge in [0.2, 0.25) is 0 Å². The summed E-state index contributed by atoms with van der Waals surface area (Å²) in [7, 11) is 0. The predicted molar refractivity (Wildman–Crippen MR) is 71.4 cm³/mol. The molecule has 6 heteroatoms. The summed E-state index contributed by atoms with van der Waals surface area (Å²) in [6.45, 7) is 0. The van der Waals surface area contributed by atoms with E-state index in [2.05, 4.69) is 15.9 Å². The van der Waals surface area contributed by atoms with E-state index < -0.39 is 17.7 Å². The molecule has 20 heavy (non-hydrogen) atoms. The molecule has 0 heterocycles. The van der Waals surface area contributed by atoms with Gasteiger partial charge in [-0.3, -0.25) is 0 Å². The molecule has 0 radical (unpaired) electrons. The van der Waals surface area contributed by atoms with Crippen LogP contribution in [0.5, 0.6) is 5.75 Å². The largest absolute Gasteiger partial charge is 0.423 e. The molecule has 0 bridgehead atoms. The third-order valence-electron chi connectivity index (χ3n) is 2.75. The Kier molecular flexibility index (Phi) is 4.32. The zero-order valence-corrected chi connectivity index (χ0v) is 11.8. The van der Waals surface area contributed by atoms with Crippen LogP contribution < -0.4 is 4.74 Å². The molecule has 0 unspecified atom stereocenters. The van der Waals surface area contributed by atoms with Gasteiger partial charge in [0.05, 0.1) is 11.1 Å². The number of halogens is 4. The van der Waals surface area contributed by atoms with Gasteiger partial charge in [-0.1, -0.05) is 34.1 Å². The van der Waals surface area contributed by atoms with E-state index in [-0.39, 0.29) is 17.7 Å². The molecule has 0 fully saturated rings. The molecule has 0 N–H and O–H groups in total. The second-order valence-corrected chi connectivity index (χ2v) is 5.20. The van der Waals surface area contributed by atoms with Crippen LogP contribution in [0.3, 0.4) is 0 Å². The van der Waals surface area contributed by atoms with Crippen LogP contribution in [0.2, 0.25) is 0 Å². The first-order chi connectivity index (χ1) is 9.38. The number of hydrogen-bond acceptors (Lipinski definition) is 2. The SMILES string of the molecule is O=C(Oc1ccccc1)C1=C(C(F)(F)F)C=C(Br)CC1. The highest BCUT2D eigenvalue weighted by atomic mass is 79.9. The zero-order chi connectivity index (χ0) is 14.8. The molecule has 0 aromatic heterocycles. The molecular weight excluding hydrogens is 337 g/mol. The maximum Gasteiger partial charge on any atom is 0.416 e. The lowest BCUT2D eigenvalue weighted by atomic mass is 9.97. The van der Waals surface area contributed by atoms with E-state index >= 15 is 0 Å². The Balaban J connectivity index is 2.31. The highest BCUT2D eigenvalue weighted by molar-refractivity contribution is 9.11. The average molecular weight is 347 g/mol. The van der Waals surface area contributed by atoms with E-state index in [0.717, 1.165) is 6.08 Å². The van der Waals surface area contributed by atoms with Gasteiger partial charge in [-0.05, 0) is 35.5 Å². The van der Waals surface area contributed by atoms with Crippen LogP contribution in [0.15, 0.2) is 52.0 Å². The minimum Gasteiger partial charge on any atom is -0.423 e. The smallest absolute Gasteiger partial charge is 0.416 e. The number of alkyl halides is 3. The Morgan fingerprint density at radius 1 is 1.15 bits per heavy atom. The second-order valence-electron chi connectivity index (χ2n) is 4.18. The third kappa shape index (κ3) is 3.50. The van der Waals surface area contributed by atoms with E-state index in [1.165, 1.54) is 12.1 Å². The number of allylic oxidation sites excluding steroid dienone is 3. The lowest BCUT2D eigenvalue weighted by Crippen LogP contribution is -2.22. The number of rotatable bonds is 2. The van der Waals surface area contributed by atoms with Crippen molar-refractivity contribution in [3.63, 3.8) is 0 Å². The van der Waals surface area contributed by atoms with Gasteiger partial charge in [-0.2, -0.15) is 13.2 Å². The predicted octanol–water partition coefficient (Wildman–Crippen LogP) is 4.52. The molecule has 1 aliphatic rings. The molecule has 0 spiro atoms. The van der Waals surface area contributed by atoms with E-state index in [0.29, 0.717) is 10.9 Å². The topological polar surface area (TPSA) is 26.3 Å². The van der Waals surface area contributed by atoms with Crippen LogP contribution in [-0.4, -0.2) is 12.1 Å². The number of carbonyl (C=O) groups is 1. The number of hydrogen-bond donors (Lipinski definition) is 0. The van der Waals surface area contributed by atoms with Crippen molar-refractivity contribution < 1.29 is 22.7 Å². The third-order valence-corrected chi connectivity index (χ3v) is 3.37. The summed E-state index contributed by atoms with van der Waals surface area (Å²) in [4.78, 5) is 11.9. The molecule has 0 saturated carbocycles. The summed E-state index contributed by atoms with van der Waals surface area (Å²) in [6, 6.07) is 8.02. The molecule has 0 amide bonds. The van der Waals surface area contributed by atoms with Gasteiger partial charge in [0.1, 0.15) is 5.75 Å². The Morgan fingerprint density at radius 2 is 1.80 bits per heavy atom. The molecule has 106 valence electrons. The molecule has 1 aromatic rings. The normalized spacial score (nSPS) is 15.9. The minimum atomic E-state index is -4.58. The summed E-state index contributed by atoms with van der Waals surface area (Å²) in [5.74, 6) is -0.736. The van der Waals surface area contributed by atoms with Crippen molar-refractivity contribution in [1.82, 2.24) is 0 Å². The van der Waals surface area contributed by atoms with Crippen molar-refractivity contribution in [2.45, 2.75) is 19.0 Å². The fourth-order valence-corrected chi connectivity index (χ4v) is 2.24. The van der Waals surface area contributed by atoms with Crippen LogP contribution in [0, 0.1) is 0 Å². The van der Waals surface area contributed by atoms with E-state index in [9.17, 15) is 18.0 Å². The van der Waals surface area contributed by atoms with Gasteiger partial charge in [0, 0.05) is 0 Å². The van der Waals surface area contributed by atoms with Crippen LogP contribution >= 0.6 is 15.9 Å². The number of benzene rings is 1. The molecule has 0 aliphatic heterocycles. The van der Waals surface area contributed by atoms with Crippen molar-refractivity contribution in [2.24, 2.45) is 0 Å². The summed E-state index contributed by atoms with van der Waals surface area (Å²) >= 11 is 3.04. The molecule has 1 aliphatic carbocycles. The lowest BCUT2D eigenvalue weighted by Gasteiger charge is -2.19. The Bertz CT molecular complexity index is 574. The summed E-state index contributed by atoms with van der Waals surface area (Å²) < 4.78 is 44.2. The highest BCUT2D eigenvalue weighted by Crippen LogP contribution is 2.37. The molecule has 0 saturated heterocycles. The summed E-state index contributed by atoms with van der Waals surface area (Å²) in [5.41, 5.74) is -1.29. The monoisotopic (exact) mass is 346 g/mol. The fourth-order valence-electron chi connectivity index (χ4n) is 1.82. The number of carbonyl (C=O) groups excluding carboxylic acids is 1. The van der Waals surface area contributed by atoms with Crippen molar-refractivity contribution in [2.75, 3.05) is 0 Å². The van der Waals surface area contributed by atoms with Gasteiger partial charge in [0.25, 0.3) is 0 Å². The van der Waals surface area contributed by atoms with E-state index in [1.807, 2.05) is 0 Å². The average Bonchev–Trinajstić information content (AvgIpc) is 2.38.